The number of alkyl halides is 2. The van der Waals surface area contributed by atoms with E-state index in [0.717, 1.165) is 11.1 Å². The molecule has 2 unspecified atom stereocenters. The first-order chi connectivity index (χ1) is 16.3. The average molecular weight is 504 g/mol. The molecule has 5 rings (SSSR count). The summed E-state index contributed by atoms with van der Waals surface area (Å²) in [5.74, 6) is 0.547. The van der Waals surface area contributed by atoms with Gasteiger partial charge in [-0.15, -0.1) is 23.2 Å². The van der Waals surface area contributed by atoms with Crippen molar-refractivity contribution in [3.63, 3.8) is 0 Å². The third-order valence-corrected chi connectivity index (χ3v) is 7.00. The molecule has 34 heavy (non-hydrogen) atoms. The zero-order chi connectivity index (χ0) is 24.0. The second-order valence-electron chi connectivity index (χ2n) is 9.26. The molecule has 0 aromatic heterocycles. The lowest BCUT2D eigenvalue weighted by atomic mass is 9.80. The van der Waals surface area contributed by atoms with Gasteiger partial charge in [0.25, 0.3) is 0 Å². The van der Waals surface area contributed by atoms with Gasteiger partial charge in [-0.25, -0.2) is 0 Å². The van der Waals surface area contributed by atoms with Gasteiger partial charge in [0, 0.05) is 65.6 Å². The van der Waals surface area contributed by atoms with Gasteiger partial charge in [-0.2, -0.15) is 0 Å². The largest absolute Gasteiger partial charge is 0.492 e. The summed E-state index contributed by atoms with van der Waals surface area (Å²) in [5, 5.41) is 0. The van der Waals surface area contributed by atoms with E-state index in [-0.39, 0.29) is 23.8 Å². The van der Waals surface area contributed by atoms with Crippen molar-refractivity contribution in [3.8, 4) is 5.75 Å². The van der Waals surface area contributed by atoms with Crippen molar-refractivity contribution >= 4 is 34.8 Å². The third kappa shape index (κ3) is 4.06. The van der Waals surface area contributed by atoms with Crippen molar-refractivity contribution in [1.82, 2.24) is 4.90 Å². The predicted molar refractivity (Wildman–Crippen MR) is 130 cm³/mol. The minimum atomic E-state index is -0.732. The number of benzene rings is 2. The Bertz CT molecular complexity index is 1140. The predicted octanol–water partition coefficient (Wildman–Crippen LogP) is 4.37. The van der Waals surface area contributed by atoms with Gasteiger partial charge in [-0.3, -0.25) is 14.5 Å². The van der Waals surface area contributed by atoms with Crippen LogP contribution in [0.2, 0.25) is 0 Å². The van der Waals surface area contributed by atoms with Crippen LogP contribution in [0.25, 0.3) is 0 Å². The Kier molecular flexibility index (Phi) is 6.46. The van der Waals surface area contributed by atoms with Gasteiger partial charge in [0.15, 0.2) is 17.4 Å². The van der Waals surface area contributed by atoms with Crippen molar-refractivity contribution in [2.24, 2.45) is 0 Å². The van der Waals surface area contributed by atoms with E-state index in [1.54, 1.807) is 30.3 Å². The molecule has 2 aliphatic carbocycles. The quantitative estimate of drug-likeness (QED) is 0.425. The minimum Gasteiger partial charge on any atom is -0.492 e. The summed E-state index contributed by atoms with van der Waals surface area (Å²) in [4.78, 5) is 29.0. The molecule has 0 amide bonds. The third-order valence-electron chi connectivity index (χ3n) is 6.67. The summed E-state index contributed by atoms with van der Waals surface area (Å²) in [6, 6.07) is 8.68. The van der Waals surface area contributed by atoms with Gasteiger partial charge in [0.2, 0.25) is 0 Å². The SMILES string of the molecule is CC1(C)OC2Cc3c4c(cc(OCCN(CCCl)CCCl)c3C2O1)C(=O)c1ccccc1C4=O. The highest BCUT2D eigenvalue weighted by Gasteiger charge is 2.50. The van der Waals surface area contributed by atoms with Crippen LogP contribution < -0.4 is 4.74 Å². The highest BCUT2D eigenvalue weighted by Crippen LogP contribution is 2.52. The van der Waals surface area contributed by atoms with Gasteiger partial charge in [0.05, 0.1) is 6.10 Å². The van der Waals surface area contributed by atoms with Crippen LogP contribution in [0, 0.1) is 0 Å². The van der Waals surface area contributed by atoms with Crippen LogP contribution in [0.1, 0.15) is 62.9 Å². The Balaban J connectivity index is 1.54. The summed E-state index contributed by atoms with van der Waals surface area (Å²) in [6.07, 6.45) is -0.0931. The first kappa shape index (κ1) is 23.8. The number of rotatable bonds is 8. The molecule has 2 aromatic carbocycles. The lowest BCUT2D eigenvalue weighted by Crippen LogP contribution is -2.32. The maximum Gasteiger partial charge on any atom is 0.194 e. The molecule has 3 aliphatic rings. The molecule has 6 nitrogen and oxygen atoms in total. The van der Waals surface area contributed by atoms with Crippen LogP contribution in [0.3, 0.4) is 0 Å². The Morgan fingerprint density at radius 1 is 1.00 bits per heavy atom. The van der Waals surface area contributed by atoms with Crippen molar-refractivity contribution in [3.05, 3.63) is 63.7 Å². The fourth-order valence-electron chi connectivity index (χ4n) is 5.26. The zero-order valence-corrected chi connectivity index (χ0v) is 20.7. The minimum absolute atomic E-state index is 0.136. The average Bonchev–Trinajstić information content (AvgIpc) is 3.29. The van der Waals surface area contributed by atoms with Gasteiger partial charge in [0.1, 0.15) is 18.5 Å². The summed E-state index contributed by atoms with van der Waals surface area (Å²) >= 11 is 11.8. The number of fused-ring (bicyclic) bond motifs is 6. The van der Waals surface area contributed by atoms with Crippen LogP contribution in [-0.2, 0) is 15.9 Å². The molecule has 180 valence electrons. The van der Waals surface area contributed by atoms with E-state index in [1.165, 1.54) is 0 Å². The van der Waals surface area contributed by atoms with E-state index in [1.807, 2.05) is 13.8 Å². The highest BCUT2D eigenvalue weighted by atomic mass is 35.5. The first-order valence-corrected chi connectivity index (χ1v) is 12.6. The van der Waals surface area contributed by atoms with Gasteiger partial charge >= 0.3 is 0 Å². The molecule has 1 fully saturated rings. The number of ketones is 2. The number of ether oxygens (including phenoxy) is 3. The summed E-state index contributed by atoms with van der Waals surface area (Å²) in [6.45, 7) is 6.20. The van der Waals surface area contributed by atoms with Gasteiger partial charge in [-0.1, -0.05) is 24.3 Å². The number of hydrogen-bond donors (Lipinski definition) is 0. The summed E-state index contributed by atoms with van der Waals surface area (Å²) in [7, 11) is 0. The van der Waals surface area contributed by atoms with Crippen molar-refractivity contribution in [2.45, 2.75) is 38.3 Å². The van der Waals surface area contributed by atoms with Crippen LogP contribution in [-0.4, -0.2) is 66.4 Å². The second kappa shape index (κ2) is 9.25. The van der Waals surface area contributed by atoms with E-state index < -0.39 is 5.79 Å². The number of hydrogen-bond acceptors (Lipinski definition) is 6. The molecule has 2 aromatic rings. The molecular formula is C26H27Cl2NO5. The van der Waals surface area contributed by atoms with Crippen molar-refractivity contribution in [2.75, 3.05) is 38.0 Å². The molecule has 0 saturated carbocycles. The lowest BCUT2D eigenvalue weighted by molar-refractivity contribution is -0.148. The zero-order valence-electron chi connectivity index (χ0n) is 19.2. The Hall–Kier alpha value is -1.96. The molecular weight excluding hydrogens is 477 g/mol. The highest BCUT2D eigenvalue weighted by molar-refractivity contribution is 6.29. The van der Waals surface area contributed by atoms with Gasteiger partial charge in [-0.05, 0) is 25.5 Å². The molecule has 0 N–H and O–H groups in total. The fourth-order valence-corrected chi connectivity index (χ4v) is 5.74. The van der Waals surface area contributed by atoms with Crippen LogP contribution >= 0.6 is 23.2 Å². The second-order valence-corrected chi connectivity index (χ2v) is 10.0. The summed E-state index contributed by atoms with van der Waals surface area (Å²) < 4.78 is 18.6. The summed E-state index contributed by atoms with van der Waals surface area (Å²) in [5.41, 5.74) is 3.31. The van der Waals surface area contributed by atoms with Gasteiger partial charge < -0.3 is 14.2 Å². The molecule has 2 atom stereocenters. The molecule has 0 bridgehead atoms. The monoisotopic (exact) mass is 503 g/mol. The Morgan fingerprint density at radius 3 is 2.35 bits per heavy atom. The number of nitrogens with zero attached hydrogens (tertiary/aromatic N) is 1. The van der Waals surface area contributed by atoms with Crippen LogP contribution in [0.5, 0.6) is 5.75 Å². The van der Waals surface area contributed by atoms with E-state index in [0.29, 0.717) is 72.4 Å². The maximum atomic E-state index is 13.5. The van der Waals surface area contributed by atoms with Crippen LogP contribution in [0.15, 0.2) is 30.3 Å². The normalized spacial score (nSPS) is 21.9. The molecule has 8 heteroatoms. The van der Waals surface area contributed by atoms with E-state index in [4.69, 9.17) is 37.4 Å². The number of carbonyl (C=O) groups is 2. The first-order valence-electron chi connectivity index (χ1n) is 11.6. The van der Waals surface area contributed by atoms with Crippen LogP contribution in [0.4, 0.5) is 0 Å². The van der Waals surface area contributed by atoms with Crippen molar-refractivity contribution in [1.29, 1.82) is 0 Å². The van der Waals surface area contributed by atoms with Crippen molar-refractivity contribution < 1.29 is 23.8 Å². The Labute approximate surface area is 209 Å². The van der Waals surface area contributed by atoms with E-state index >= 15 is 0 Å². The molecule has 1 heterocycles. The topological polar surface area (TPSA) is 65.1 Å². The number of carbonyl (C=O) groups excluding carboxylic acids is 2. The molecule has 0 spiro atoms. The molecule has 0 radical (unpaired) electrons. The van der Waals surface area contributed by atoms with E-state index in [9.17, 15) is 9.59 Å². The fraction of sp³-hybridized carbons (Fsp3) is 0.462. The number of halogens is 2. The standard InChI is InChI=1S/C26H27Cl2NO5/c1-26(2)33-20-13-17-21-18(23(30)15-5-3-4-6-16(15)24(21)31)14-19(22(17)25(20)34-26)32-12-11-29(9-7-27)10-8-28/h3-6,14,20,25H,7-13H2,1-2H3. The molecule has 1 saturated heterocycles. The Morgan fingerprint density at radius 2 is 1.68 bits per heavy atom. The molecule has 1 aliphatic heterocycles. The smallest absolute Gasteiger partial charge is 0.194 e. The lowest BCUT2D eigenvalue weighted by Gasteiger charge is -2.25. The van der Waals surface area contributed by atoms with E-state index in [2.05, 4.69) is 4.90 Å². The maximum absolute atomic E-state index is 13.5.